The molecular formula is C13H9N3OS. The Morgan fingerprint density at radius 2 is 2.33 bits per heavy atom. The van der Waals surface area contributed by atoms with Gasteiger partial charge < -0.3 is 4.74 Å². The second-order valence-electron chi connectivity index (χ2n) is 4.55. The number of nitriles is 1. The third-order valence-electron chi connectivity index (χ3n) is 3.49. The molecule has 0 spiro atoms. The molecule has 1 saturated heterocycles. The summed E-state index contributed by atoms with van der Waals surface area (Å²) in [6, 6.07) is 8.57. The van der Waals surface area contributed by atoms with E-state index in [4.69, 9.17) is 4.74 Å². The van der Waals surface area contributed by atoms with Gasteiger partial charge in [0.05, 0.1) is 29.5 Å². The van der Waals surface area contributed by atoms with Crippen molar-refractivity contribution in [3.8, 4) is 6.07 Å². The molecule has 1 fully saturated rings. The fourth-order valence-electron chi connectivity index (χ4n) is 2.34. The van der Waals surface area contributed by atoms with Crippen LogP contribution in [0.15, 0.2) is 30.6 Å². The maximum Gasteiger partial charge on any atom is 0.194 e. The highest BCUT2D eigenvalue weighted by atomic mass is 32.1. The van der Waals surface area contributed by atoms with Crippen LogP contribution in [0.4, 0.5) is 0 Å². The number of aromatic nitrogens is 2. The number of fused-ring (bicyclic) bond motifs is 3. The Morgan fingerprint density at radius 1 is 1.44 bits per heavy atom. The molecule has 3 heterocycles. The molecule has 4 rings (SSSR count). The van der Waals surface area contributed by atoms with Gasteiger partial charge in [-0.25, -0.2) is 4.98 Å². The zero-order chi connectivity index (χ0) is 12.2. The van der Waals surface area contributed by atoms with Crippen LogP contribution in [0, 0.1) is 11.3 Å². The van der Waals surface area contributed by atoms with Gasteiger partial charge >= 0.3 is 0 Å². The topological polar surface area (TPSA) is 50.3 Å². The minimum absolute atomic E-state index is 0.444. The lowest BCUT2D eigenvalue weighted by Gasteiger charge is -2.35. The average Bonchev–Trinajstić information content (AvgIpc) is 2.87. The zero-order valence-corrected chi connectivity index (χ0v) is 10.3. The Balaban J connectivity index is 1.96. The fourth-order valence-corrected chi connectivity index (χ4v) is 3.37. The SMILES string of the molecule is N#CC1(c2ccc3c(c2)sc2nccn23)COC1. The van der Waals surface area contributed by atoms with Gasteiger partial charge in [0.15, 0.2) is 4.96 Å². The Kier molecular flexibility index (Phi) is 1.85. The van der Waals surface area contributed by atoms with E-state index in [1.807, 2.05) is 12.3 Å². The molecular weight excluding hydrogens is 246 g/mol. The zero-order valence-electron chi connectivity index (χ0n) is 9.46. The summed E-state index contributed by atoms with van der Waals surface area (Å²) in [5, 5.41) is 9.32. The highest BCUT2D eigenvalue weighted by Gasteiger charge is 2.41. The van der Waals surface area contributed by atoms with Crippen molar-refractivity contribution in [3.05, 3.63) is 36.2 Å². The summed E-state index contributed by atoms with van der Waals surface area (Å²) < 4.78 is 8.44. The van der Waals surface area contributed by atoms with E-state index in [0.29, 0.717) is 13.2 Å². The predicted molar refractivity (Wildman–Crippen MR) is 68.7 cm³/mol. The molecule has 0 radical (unpaired) electrons. The molecule has 0 aliphatic carbocycles. The van der Waals surface area contributed by atoms with Crippen molar-refractivity contribution in [1.29, 1.82) is 5.26 Å². The first-order chi connectivity index (χ1) is 8.82. The van der Waals surface area contributed by atoms with Crippen molar-refractivity contribution >= 4 is 26.5 Å². The second-order valence-corrected chi connectivity index (χ2v) is 5.56. The second kappa shape index (κ2) is 3.31. The average molecular weight is 255 g/mol. The first-order valence-corrected chi connectivity index (χ1v) is 6.49. The van der Waals surface area contributed by atoms with Gasteiger partial charge in [-0.3, -0.25) is 4.40 Å². The molecule has 3 aromatic rings. The van der Waals surface area contributed by atoms with Gasteiger partial charge in [0.1, 0.15) is 5.41 Å². The summed E-state index contributed by atoms with van der Waals surface area (Å²) >= 11 is 1.65. The Labute approximate surface area is 107 Å². The number of rotatable bonds is 1. The summed E-state index contributed by atoms with van der Waals surface area (Å²) in [7, 11) is 0. The van der Waals surface area contributed by atoms with Crippen LogP contribution in [-0.2, 0) is 10.2 Å². The number of hydrogen-bond donors (Lipinski definition) is 0. The summed E-state index contributed by atoms with van der Waals surface area (Å²) in [5.41, 5.74) is 1.75. The Bertz CT molecular complexity index is 791. The molecule has 0 bridgehead atoms. The van der Waals surface area contributed by atoms with E-state index in [-0.39, 0.29) is 0 Å². The van der Waals surface area contributed by atoms with E-state index in [2.05, 4.69) is 27.6 Å². The van der Waals surface area contributed by atoms with Gasteiger partial charge in [0.25, 0.3) is 0 Å². The summed E-state index contributed by atoms with van der Waals surface area (Å²) in [6.07, 6.45) is 3.76. The maximum absolute atomic E-state index is 9.32. The summed E-state index contributed by atoms with van der Waals surface area (Å²) in [4.78, 5) is 5.28. The molecule has 0 amide bonds. The normalized spacial score (nSPS) is 17.7. The molecule has 88 valence electrons. The van der Waals surface area contributed by atoms with E-state index in [1.165, 1.54) is 0 Å². The van der Waals surface area contributed by atoms with Gasteiger partial charge in [-0.2, -0.15) is 5.26 Å². The Morgan fingerprint density at radius 3 is 3.06 bits per heavy atom. The van der Waals surface area contributed by atoms with Crippen LogP contribution >= 0.6 is 11.3 Å². The van der Waals surface area contributed by atoms with E-state index in [0.717, 1.165) is 20.7 Å². The predicted octanol–water partition coefficient (Wildman–Crippen LogP) is 2.34. The van der Waals surface area contributed by atoms with Crippen LogP contribution < -0.4 is 0 Å². The standard InChI is InChI=1S/C13H9N3OS/c14-6-13(7-17-8-13)9-1-2-10-11(5-9)18-12-15-3-4-16(10)12/h1-5H,7-8H2. The quantitative estimate of drug-likeness (QED) is 0.670. The molecule has 0 saturated carbocycles. The first kappa shape index (κ1) is 10.1. The monoisotopic (exact) mass is 255 g/mol. The van der Waals surface area contributed by atoms with Gasteiger partial charge in [0, 0.05) is 12.4 Å². The molecule has 0 N–H and O–H groups in total. The lowest BCUT2D eigenvalue weighted by Crippen LogP contribution is -2.45. The van der Waals surface area contributed by atoms with Gasteiger partial charge in [0.2, 0.25) is 0 Å². The molecule has 1 aromatic carbocycles. The number of ether oxygens (including phenoxy) is 1. The smallest absolute Gasteiger partial charge is 0.194 e. The van der Waals surface area contributed by atoms with Crippen LogP contribution in [0.25, 0.3) is 15.2 Å². The third-order valence-corrected chi connectivity index (χ3v) is 4.52. The molecule has 2 aromatic heterocycles. The molecule has 18 heavy (non-hydrogen) atoms. The molecule has 0 atom stereocenters. The third kappa shape index (κ3) is 1.14. The van der Waals surface area contributed by atoms with E-state index >= 15 is 0 Å². The number of nitrogens with zero attached hydrogens (tertiary/aromatic N) is 3. The number of imidazole rings is 1. The summed E-state index contributed by atoms with van der Waals surface area (Å²) in [5.74, 6) is 0. The number of thiazole rings is 1. The lowest BCUT2D eigenvalue weighted by atomic mass is 9.80. The fraction of sp³-hybridized carbons (Fsp3) is 0.231. The molecule has 5 heteroatoms. The van der Waals surface area contributed by atoms with Gasteiger partial charge in [-0.15, -0.1) is 0 Å². The Hall–Kier alpha value is -1.90. The molecule has 4 nitrogen and oxygen atoms in total. The maximum atomic E-state index is 9.32. The lowest BCUT2D eigenvalue weighted by molar-refractivity contribution is -0.0297. The van der Waals surface area contributed by atoms with Crippen molar-refractivity contribution in [3.63, 3.8) is 0 Å². The van der Waals surface area contributed by atoms with Gasteiger partial charge in [-0.05, 0) is 17.7 Å². The molecule has 1 aliphatic rings. The highest BCUT2D eigenvalue weighted by Crippen LogP contribution is 2.35. The summed E-state index contributed by atoms with van der Waals surface area (Å²) in [6.45, 7) is 0.995. The number of hydrogen-bond acceptors (Lipinski definition) is 4. The minimum Gasteiger partial charge on any atom is -0.377 e. The van der Waals surface area contributed by atoms with Crippen LogP contribution in [0.1, 0.15) is 5.56 Å². The van der Waals surface area contributed by atoms with Crippen molar-refractivity contribution in [2.24, 2.45) is 0 Å². The van der Waals surface area contributed by atoms with Crippen LogP contribution in [0.3, 0.4) is 0 Å². The largest absolute Gasteiger partial charge is 0.377 e. The van der Waals surface area contributed by atoms with Gasteiger partial charge in [-0.1, -0.05) is 17.4 Å². The minimum atomic E-state index is -0.444. The molecule has 0 unspecified atom stereocenters. The van der Waals surface area contributed by atoms with Crippen molar-refractivity contribution in [2.75, 3.05) is 13.2 Å². The highest BCUT2D eigenvalue weighted by molar-refractivity contribution is 7.23. The first-order valence-electron chi connectivity index (χ1n) is 5.67. The van der Waals surface area contributed by atoms with Crippen molar-refractivity contribution < 1.29 is 4.74 Å². The van der Waals surface area contributed by atoms with Crippen LogP contribution in [-0.4, -0.2) is 22.6 Å². The van der Waals surface area contributed by atoms with Crippen molar-refractivity contribution in [1.82, 2.24) is 9.38 Å². The number of benzene rings is 1. The van der Waals surface area contributed by atoms with Crippen LogP contribution in [0.2, 0.25) is 0 Å². The van der Waals surface area contributed by atoms with Crippen LogP contribution in [0.5, 0.6) is 0 Å². The van der Waals surface area contributed by atoms with E-state index in [1.54, 1.807) is 17.5 Å². The van der Waals surface area contributed by atoms with E-state index in [9.17, 15) is 5.26 Å². The van der Waals surface area contributed by atoms with E-state index < -0.39 is 5.41 Å². The van der Waals surface area contributed by atoms with Crippen molar-refractivity contribution in [2.45, 2.75) is 5.41 Å². The molecule has 1 aliphatic heterocycles.